The van der Waals surface area contributed by atoms with Gasteiger partial charge in [-0.05, 0) is 54.8 Å². The Morgan fingerprint density at radius 1 is 0.946 bits per heavy atom. The first-order valence-corrected chi connectivity index (χ1v) is 12.5. The van der Waals surface area contributed by atoms with E-state index in [1.807, 2.05) is 30.3 Å². The lowest BCUT2D eigenvalue weighted by molar-refractivity contribution is -0.134. The molecule has 1 aliphatic heterocycles. The number of rotatable bonds is 8. The number of likely N-dealkylation sites (tertiary alicyclic amines) is 1. The van der Waals surface area contributed by atoms with Gasteiger partial charge >= 0.3 is 0 Å². The third kappa shape index (κ3) is 6.66. The minimum absolute atomic E-state index is 0.0384. The van der Waals surface area contributed by atoms with Crippen LogP contribution in [-0.4, -0.2) is 48.4 Å². The van der Waals surface area contributed by atoms with Gasteiger partial charge in [-0.25, -0.2) is 8.78 Å². The van der Waals surface area contributed by atoms with E-state index in [4.69, 9.17) is 16.3 Å². The van der Waals surface area contributed by atoms with Crippen molar-refractivity contribution in [2.24, 2.45) is 5.41 Å². The van der Waals surface area contributed by atoms with Crippen molar-refractivity contribution in [2.75, 3.05) is 26.7 Å². The molecule has 0 N–H and O–H groups in total. The molecule has 1 aliphatic rings. The van der Waals surface area contributed by atoms with Gasteiger partial charge in [-0.3, -0.25) is 9.59 Å². The van der Waals surface area contributed by atoms with Crippen LogP contribution in [0.2, 0.25) is 5.02 Å². The summed E-state index contributed by atoms with van der Waals surface area (Å²) in [7, 11) is 1.77. The van der Waals surface area contributed by atoms with E-state index in [2.05, 4.69) is 0 Å². The number of hydrogen-bond donors (Lipinski definition) is 0. The molecular weight excluding hydrogens is 498 g/mol. The van der Waals surface area contributed by atoms with Gasteiger partial charge in [0.05, 0.1) is 6.61 Å². The molecule has 0 aromatic heterocycles. The third-order valence-corrected chi connectivity index (χ3v) is 7.11. The maximum Gasteiger partial charge on any atom is 0.259 e. The zero-order chi connectivity index (χ0) is 26.4. The molecule has 8 heteroatoms. The summed E-state index contributed by atoms with van der Waals surface area (Å²) >= 11 is 5.98. The topological polar surface area (TPSA) is 49.9 Å². The van der Waals surface area contributed by atoms with Crippen molar-refractivity contribution < 1.29 is 23.1 Å². The second kappa shape index (κ2) is 11.7. The summed E-state index contributed by atoms with van der Waals surface area (Å²) in [4.78, 5) is 29.3. The van der Waals surface area contributed by atoms with E-state index < -0.39 is 28.5 Å². The van der Waals surface area contributed by atoms with Gasteiger partial charge in [0.2, 0.25) is 5.91 Å². The molecule has 0 radical (unpaired) electrons. The highest BCUT2D eigenvalue weighted by Gasteiger charge is 2.40. The van der Waals surface area contributed by atoms with E-state index in [0.29, 0.717) is 30.2 Å². The van der Waals surface area contributed by atoms with Crippen LogP contribution < -0.4 is 4.74 Å². The molecule has 2 amide bonds. The fraction of sp³-hybridized carbons (Fsp3) is 0.310. The van der Waals surface area contributed by atoms with Crippen molar-refractivity contribution in [3.05, 3.63) is 101 Å². The number of nitrogens with zero attached hydrogens (tertiary/aromatic N) is 2. The minimum Gasteiger partial charge on any atom is -0.493 e. The number of benzene rings is 3. The summed E-state index contributed by atoms with van der Waals surface area (Å²) in [5.41, 5.74) is -0.0742. The Balaban J connectivity index is 1.48. The fourth-order valence-corrected chi connectivity index (χ4v) is 4.71. The van der Waals surface area contributed by atoms with Gasteiger partial charge in [-0.2, -0.15) is 0 Å². The van der Waals surface area contributed by atoms with Gasteiger partial charge in [0.25, 0.3) is 5.91 Å². The molecule has 3 aromatic carbocycles. The SMILES string of the molecule is CN(Cc1ccccc1)C(=O)CC1(COc2ccc(Cl)cc2)CCN(C(=O)c2c(F)cccc2F)CC1. The first-order chi connectivity index (χ1) is 17.8. The molecule has 0 unspecified atom stereocenters. The summed E-state index contributed by atoms with van der Waals surface area (Å²) in [6.45, 7) is 1.25. The van der Waals surface area contributed by atoms with Crippen LogP contribution in [0, 0.1) is 17.0 Å². The fourth-order valence-electron chi connectivity index (χ4n) is 4.59. The lowest BCUT2D eigenvalue weighted by atomic mass is 9.75. The Morgan fingerprint density at radius 3 is 2.19 bits per heavy atom. The highest BCUT2D eigenvalue weighted by Crippen LogP contribution is 2.37. The molecule has 1 heterocycles. The monoisotopic (exact) mass is 526 g/mol. The van der Waals surface area contributed by atoms with Crippen LogP contribution in [0.25, 0.3) is 0 Å². The van der Waals surface area contributed by atoms with Crippen LogP contribution in [0.3, 0.4) is 0 Å². The quantitative estimate of drug-likeness (QED) is 0.363. The molecule has 3 aromatic rings. The molecule has 5 nitrogen and oxygen atoms in total. The van der Waals surface area contributed by atoms with Crippen molar-refractivity contribution in [2.45, 2.75) is 25.8 Å². The third-order valence-electron chi connectivity index (χ3n) is 6.86. The zero-order valence-electron chi connectivity index (χ0n) is 20.6. The first-order valence-electron chi connectivity index (χ1n) is 12.2. The highest BCUT2D eigenvalue weighted by molar-refractivity contribution is 6.30. The van der Waals surface area contributed by atoms with Gasteiger partial charge in [0, 0.05) is 43.5 Å². The van der Waals surface area contributed by atoms with E-state index >= 15 is 0 Å². The first kappa shape index (κ1) is 26.6. The maximum absolute atomic E-state index is 14.2. The summed E-state index contributed by atoms with van der Waals surface area (Å²) in [6.07, 6.45) is 1.13. The Morgan fingerprint density at radius 2 is 1.57 bits per heavy atom. The average molecular weight is 527 g/mol. The van der Waals surface area contributed by atoms with Crippen molar-refractivity contribution in [1.82, 2.24) is 9.80 Å². The van der Waals surface area contributed by atoms with E-state index in [9.17, 15) is 18.4 Å². The Labute approximate surface area is 220 Å². The van der Waals surface area contributed by atoms with Crippen molar-refractivity contribution in [3.8, 4) is 5.75 Å². The summed E-state index contributed by atoms with van der Waals surface area (Å²) in [5.74, 6) is -1.86. The van der Waals surface area contributed by atoms with Gasteiger partial charge in [-0.15, -0.1) is 0 Å². The predicted molar refractivity (Wildman–Crippen MR) is 138 cm³/mol. The van der Waals surface area contributed by atoms with Crippen molar-refractivity contribution in [3.63, 3.8) is 0 Å². The molecule has 4 rings (SSSR count). The number of carbonyl (C=O) groups excluding carboxylic acids is 2. The maximum atomic E-state index is 14.2. The molecular formula is C29H29ClF2N2O3. The second-order valence-corrected chi connectivity index (χ2v) is 9.98. The van der Waals surface area contributed by atoms with Crippen LogP contribution in [0.5, 0.6) is 5.75 Å². The van der Waals surface area contributed by atoms with E-state index in [0.717, 1.165) is 17.7 Å². The van der Waals surface area contributed by atoms with Gasteiger partial charge < -0.3 is 14.5 Å². The normalized spacial score (nSPS) is 14.8. The van der Waals surface area contributed by atoms with Gasteiger partial charge in [0.15, 0.2) is 0 Å². The number of carbonyl (C=O) groups is 2. The molecule has 1 saturated heterocycles. The Hall–Kier alpha value is -3.45. The number of hydrogen-bond acceptors (Lipinski definition) is 3. The largest absolute Gasteiger partial charge is 0.493 e. The highest BCUT2D eigenvalue weighted by atomic mass is 35.5. The zero-order valence-corrected chi connectivity index (χ0v) is 21.4. The van der Waals surface area contributed by atoms with Crippen LogP contribution >= 0.6 is 11.6 Å². The molecule has 0 spiro atoms. The number of piperidine rings is 1. The van der Waals surface area contributed by atoms with Crippen LogP contribution in [0.15, 0.2) is 72.8 Å². The number of halogens is 3. The Bertz CT molecular complexity index is 1210. The molecule has 0 saturated carbocycles. The summed E-state index contributed by atoms with van der Waals surface area (Å²) < 4.78 is 34.5. The lowest BCUT2D eigenvalue weighted by Crippen LogP contribution is -2.47. The lowest BCUT2D eigenvalue weighted by Gasteiger charge is -2.42. The van der Waals surface area contributed by atoms with E-state index in [1.54, 1.807) is 36.2 Å². The van der Waals surface area contributed by atoms with Crippen molar-refractivity contribution >= 4 is 23.4 Å². The number of ether oxygens (including phenoxy) is 1. The molecule has 37 heavy (non-hydrogen) atoms. The van der Waals surface area contributed by atoms with Crippen LogP contribution in [0.1, 0.15) is 35.2 Å². The second-order valence-electron chi connectivity index (χ2n) is 9.54. The smallest absolute Gasteiger partial charge is 0.259 e. The van der Waals surface area contributed by atoms with Crippen LogP contribution in [-0.2, 0) is 11.3 Å². The minimum atomic E-state index is -0.884. The predicted octanol–water partition coefficient (Wildman–Crippen LogP) is 5.97. The Kier molecular flexibility index (Phi) is 8.44. The van der Waals surface area contributed by atoms with Gasteiger partial charge in [-0.1, -0.05) is 48.0 Å². The standard InChI is InChI=1S/C29H29ClF2N2O3/c1-33(19-21-6-3-2-4-7-21)26(35)18-29(20-37-23-12-10-22(30)11-13-23)14-16-34(17-15-29)28(36)27-24(31)8-5-9-25(27)32/h2-13H,14-20H2,1H3. The molecule has 0 bridgehead atoms. The van der Waals surface area contributed by atoms with Gasteiger partial charge in [0.1, 0.15) is 22.9 Å². The molecule has 0 atom stereocenters. The van der Waals surface area contributed by atoms with Crippen molar-refractivity contribution in [1.29, 1.82) is 0 Å². The molecule has 1 fully saturated rings. The molecule has 0 aliphatic carbocycles. The molecule has 194 valence electrons. The van der Waals surface area contributed by atoms with Crippen LogP contribution in [0.4, 0.5) is 8.78 Å². The summed E-state index contributed by atoms with van der Waals surface area (Å²) in [5, 5.41) is 0.590. The average Bonchev–Trinajstić information content (AvgIpc) is 2.89. The number of amides is 2. The summed E-state index contributed by atoms with van der Waals surface area (Å²) in [6, 6.07) is 20.1. The van der Waals surface area contributed by atoms with E-state index in [-0.39, 0.29) is 32.0 Å². The van der Waals surface area contributed by atoms with E-state index in [1.165, 1.54) is 11.0 Å².